The quantitative estimate of drug-likeness (QED) is 0.241. The van der Waals surface area contributed by atoms with Crippen LogP contribution in [0.5, 0.6) is 0 Å². The van der Waals surface area contributed by atoms with E-state index in [0.29, 0.717) is 0 Å². The van der Waals surface area contributed by atoms with E-state index in [9.17, 15) is 0 Å². The predicted octanol–water partition coefficient (Wildman–Crippen LogP) is 9.24. The molecule has 1 aliphatic carbocycles. The smallest absolute Gasteiger partial charge is 0.0581 e. The Morgan fingerprint density at radius 3 is 1.78 bits per heavy atom. The second-order valence-corrected chi connectivity index (χ2v) is 11.0. The molecule has 0 N–H and O–H groups in total. The lowest BCUT2D eigenvalue weighted by Crippen LogP contribution is -2.18. The van der Waals surface area contributed by atoms with Crippen LogP contribution in [0, 0.1) is 0 Å². The number of hydrogen-bond acceptors (Lipinski definition) is 0. The zero-order valence-electron chi connectivity index (χ0n) is 21.0. The van der Waals surface area contributed by atoms with E-state index in [1.807, 2.05) is 0 Å². The maximum absolute atomic E-state index is 2.49. The summed E-state index contributed by atoms with van der Waals surface area (Å²) in [5.41, 5.74) is 12.1. The fourth-order valence-electron chi connectivity index (χ4n) is 6.44. The summed E-state index contributed by atoms with van der Waals surface area (Å²) >= 11 is 0. The summed E-state index contributed by atoms with van der Waals surface area (Å²) in [4.78, 5) is 0. The molecule has 174 valence electrons. The first kappa shape index (κ1) is 21.2. The summed E-state index contributed by atoms with van der Waals surface area (Å²) in [6.07, 6.45) is 0. The second kappa shape index (κ2) is 7.70. The van der Waals surface area contributed by atoms with Gasteiger partial charge in [0.2, 0.25) is 0 Å². The minimum absolute atomic E-state index is 0.0533. The van der Waals surface area contributed by atoms with Gasteiger partial charge in [-0.1, -0.05) is 118 Å². The van der Waals surface area contributed by atoms with E-state index in [0.717, 1.165) is 0 Å². The third-order valence-corrected chi connectivity index (χ3v) is 7.78. The van der Waals surface area contributed by atoms with Gasteiger partial charge in [0, 0.05) is 22.4 Å². The third-order valence-electron chi connectivity index (χ3n) is 7.78. The van der Waals surface area contributed by atoms with Gasteiger partial charge in [-0.3, -0.25) is 0 Å². The second-order valence-electron chi connectivity index (χ2n) is 11.0. The van der Waals surface area contributed by atoms with Crippen molar-refractivity contribution in [2.24, 2.45) is 0 Å². The maximum atomic E-state index is 2.49. The molecule has 0 amide bonds. The van der Waals surface area contributed by atoms with Gasteiger partial charge >= 0.3 is 0 Å². The summed E-state index contributed by atoms with van der Waals surface area (Å²) in [5.74, 6) is 0.221. The number of rotatable bonds is 2. The van der Waals surface area contributed by atoms with Crippen molar-refractivity contribution < 1.29 is 0 Å². The van der Waals surface area contributed by atoms with Gasteiger partial charge in [-0.15, -0.1) is 0 Å². The summed E-state index contributed by atoms with van der Waals surface area (Å²) in [6.45, 7) is 7.10. The van der Waals surface area contributed by atoms with Crippen molar-refractivity contribution in [1.82, 2.24) is 4.57 Å². The van der Waals surface area contributed by atoms with Crippen LogP contribution >= 0.6 is 0 Å². The van der Waals surface area contributed by atoms with Crippen LogP contribution in [0.1, 0.15) is 48.9 Å². The van der Waals surface area contributed by atoms with Crippen LogP contribution < -0.4 is 0 Å². The molecule has 0 bridgehead atoms. The molecule has 7 rings (SSSR count). The highest BCUT2D eigenvalue weighted by Gasteiger charge is 2.35. The first-order chi connectivity index (χ1) is 17.5. The highest BCUT2D eigenvalue weighted by Crippen LogP contribution is 2.51. The zero-order chi connectivity index (χ0) is 24.4. The molecule has 0 unspecified atom stereocenters. The van der Waals surface area contributed by atoms with E-state index in [1.54, 1.807) is 0 Å². The Labute approximate surface area is 212 Å². The molecular formula is C35H29N. The van der Waals surface area contributed by atoms with Crippen molar-refractivity contribution in [3.05, 3.63) is 138 Å². The fraction of sp³-hybridized carbons (Fsp3) is 0.143. The fourth-order valence-corrected chi connectivity index (χ4v) is 6.44. The largest absolute Gasteiger partial charge is 0.309 e. The molecule has 0 aliphatic heterocycles. The Morgan fingerprint density at radius 2 is 1.11 bits per heavy atom. The molecule has 5 aromatic carbocycles. The monoisotopic (exact) mass is 463 g/mol. The Balaban J connectivity index is 1.65. The zero-order valence-corrected chi connectivity index (χ0v) is 21.0. The number of para-hydroxylation sites is 2. The van der Waals surface area contributed by atoms with Gasteiger partial charge in [-0.05, 0) is 57.0 Å². The molecule has 0 saturated carbocycles. The Hall–Kier alpha value is -4.10. The molecule has 1 heterocycles. The molecule has 1 heteroatoms. The molecule has 0 fully saturated rings. The van der Waals surface area contributed by atoms with E-state index in [-0.39, 0.29) is 11.3 Å². The molecule has 0 spiro atoms. The van der Waals surface area contributed by atoms with Crippen molar-refractivity contribution in [3.63, 3.8) is 0 Å². The van der Waals surface area contributed by atoms with Crippen LogP contribution in [0.15, 0.2) is 115 Å². The standard InChI is InChI=1S/C35H29N/c1-35(2,3)33-30(32-27-18-9-7-15-24(27)25-16-8-10-19-28(25)32)22-21-29-26-17-11-12-20-31(26)36(34(29)33)23-13-5-4-6-14-23/h4-22,32H,1-3H3. The van der Waals surface area contributed by atoms with E-state index >= 15 is 0 Å². The molecule has 1 aromatic heterocycles. The first-order valence-corrected chi connectivity index (χ1v) is 12.8. The van der Waals surface area contributed by atoms with Gasteiger partial charge in [0.25, 0.3) is 0 Å². The molecule has 36 heavy (non-hydrogen) atoms. The maximum Gasteiger partial charge on any atom is 0.0581 e. The van der Waals surface area contributed by atoms with Crippen molar-refractivity contribution in [1.29, 1.82) is 0 Å². The van der Waals surface area contributed by atoms with Crippen LogP contribution in [0.3, 0.4) is 0 Å². The van der Waals surface area contributed by atoms with Crippen LogP contribution in [0.25, 0.3) is 38.6 Å². The molecule has 0 saturated heterocycles. The van der Waals surface area contributed by atoms with Crippen molar-refractivity contribution in [3.8, 4) is 16.8 Å². The minimum atomic E-state index is -0.0533. The lowest BCUT2D eigenvalue weighted by molar-refractivity contribution is 0.585. The lowest BCUT2D eigenvalue weighted by atomic mass is 9.76. The first-order valence-electron chi connectivity index (χ1n) is 12.8. The van der Waals surface area contributed by atoms with Gasteiger partial charge < -0.3 is 4.57 Å². The highest BCUT2D eigenvalue weighted by molar-refractivity contribution is 6.11. The number of aromatic nitrogens is 1. The lowest BCUT2D eigenvalue weighted by Gasteiger charge is -2.29. The molecular weight excluding hydrogens is 434 g/mol. The van der Waals surface area contributed by atoms with Gasteiger partial charge in [-0.2, -0.15) is 0 Å². The average molecular weight is 464 g/mol. The summed E-state index contributed by atoms with van der Waals surface area (Å²) in [6, 6.07) is 42.4. The minimum Gasteiger partial charge on any atom is -0.309 e. The SMILES string of the molecule is CC(C)(C)c1c(C2c3ccccc3-c3ccccc32)ccc2c3ccccc3n(-c3ccccc3)c12. The number of hydrogen-bond donors (Lipinski definition) is 0. The average Bonchev–Trinajstić information content (AvgIpc) is 3.41. The van der Waals surface area contributed by atoms with Gasteiger partial charge in [0.05, 0.1) is 11.0 Å². The Kier molecular flexibility index (Phi) is 4.53. The predicted molar refractivity (Wildman–Crippen MR) is 152 cm³/mol. The van der Waals surface area contributed by atoms with Crippen molar-refractivity contribution in [2.45, 2.75) is 32.1 Å². The molecule has 1 aliphatic rings. The van der Waals surface area contributed by atoms with Crippen LogP contribution in [-0.2, 0) is 5.41 Å². The summed E-state index contributed by atoms with van der Waals surface area (Å²) in [5, 5.41) is 2.63. The summed E-state index contributed by atoms with van der Waals surface area (Å²) < 4.78 is 2.49. The van der Waals surface area contributed by atoms with Crippen LogP contribution in [0.4, 0.5) is 0 Å². The van der Waals surface area contributed by atoms with E-state index < -0.39 is 0 Å². The summed E-state index contributed by atoms with van der Waals surface area (Å²) in [7, 11) is 0. The van der Waals surface area contributed by atoms with Gasteiger partial charge in [0.1, 0.15) is 0 Å². The Bertz CT molecular complexity index is 1720. The van der Waals surface area contributed by atoms with Crippen LogP contribution in [-0.4, -0.2) is 4.57 Å². The van der Waals surface area contributed by atoms with E-state index in [2.05, 4.69) is 141 Å². The normalized spacial score (nSPS) is 13.3. The molecule has 0 radical (unpaired) electrons. The highest BCUT2D eigenvalue weighted by atomic mass is 15.0. The number of benzene rings is 5. The van der Waals surface area contributed by atoms with Crippen molar-refractivity contribution in [2.75, 3.05) is 0 Å². The van der Waals surface area contributed by atoms with E-state index in [4.69, 9.17) is 0 Å². The van der Waals surface area contributed by atoms with Gasteiger partial charge in [-0.25, -0.2) is 0 Å². The van der Waals surface area contributed by atoms with Crippen LogP contribution in [0.2, 0.25) is 0 Å². The molecule has 6 aromatic rings. The number of fused-ring (bicyclic) bond motifs is 6. The van der Waals surface area contributed by atoms with E-state index in [1.165, 1.54) is 60.9 Å². The third kappa shape index (κ3) is 2.96. The number of nitrogens with zero attached hydrogens (tertiary/aromatic N) is 1. The van der Waals surface area contributed by atoms with Crippen molar-refractivity contribution >= 4 is 21.8 Å². The molecule has 1 nitrogen and oxygen atoms in total. The Morgan fingerprint density at radius 1 is 0.528 bits per heavy atom. The molecule has 0 atom stereocenters. The topological polar surface area (TPSA) is 4.93 Å². The van der Waals surface area contributed by atoms with Gasteiger partial charge in [0.15, 0.2) is 0 Å².